The van der Waals surface area contributed by atoms with Crippen molar-refractivity contribution in [3.8, 4) is 5.75 Å². The maximum atomic E-state index is 12.7. The third kappa shape index (κ3) is 4.97. The number of hydrogen-bond donors (Lipinski definition) is 2. The average Bonchev–Trinajstić information content (AvgIpc) is 2.55. The third-order valence-corrected chi connectivity index (χ3v) is 4.14. The van der Waals surface area contributed by atoms with Gasteiger partial charge >= 0.3 is 0 Å². The Morgan fingerprint density at radius 1 is 1.19 bits per heavy atom. The lowest BCUT2D eigenvalue weighted by Crippen LogP contribution is -2.53. The molecule has 0 aliphatic carbocycles. The van der Waals surface area contributed by atoms with Crippen molar-refractivity contribution in [2.75, 3.05) is 24.5 Å². The van der Waals surface area contributed by atoms with Crippen molar-refractivity contribution >= 4 is 23.4 Å². The van der Waals surface area contributed by atoms with E-state index in [0.717, 1.165) is 5.56 Å². The molecule has 0 bridgehead atoms. The van der Waals surface area contributed by atoms with Crippen LogP contribution in [0.15, 0.2) is 18.2 Å². The number of hydrogen-bond acceptors (Lipinski definition) is 4. The van der Waals surface area contributed by atoms with Crippen LogP contribution >= 0.6 is 0 Å². The average molecular weight is 361 g/mol. The van der Waals surface area contributed by atoms with Gasteiger partial charge in [0.1, 0.15) is 5.75 Å². The summed E-state index contributed by atoms with van der Waals surface area (Å²) in [6.07, 6.45) is 0.867. The number of fused-ring (bicyclic) bond motifs is 1. The zero-order chi connectivity index (χ0) is 19.3. The van der Waals surface area contributed by atoms with Crippen LogP contribution in [0.2, 0.25) is 0 Å². The first-order valence-electron chi connectivity index (χ1n) is 8.83. The fourth-order valence-corrected chi connectivity index (χ4v) is 2.78. The highest BCUT2D eigenvalue weighted by Gasteiger charge is 2.40. The van der Waals surface area contributed by atoms with E-state index in [1.54, 1.807) is 18.7 Å². The van der Waals surface area contributed by atoms with Crippen LogP contribution in [0.1, 0.15) is 39.2 Å². The zero-order valence-corrected chi connectivity index (χ0v) is 15.8. The second-order valence-electron chi connectivity index (χ2n) is 6.98. The smallest absolute Gasteiger partial charge is 0.270 e. The molecule has 142 valence electrons. The van der Waals surface area contributed by atoms with Crippen LogP contribution in [0.5, 0.6) is 5.75 Å². The number of ether oxygens (including phenoxy) is 1. The number of nitrogens with one attached hydrogen (secondary N) is 2. The largest absolute Gasteiger partial charge is 0.476 e. The van der Waals surface area contributed by atoms with Crippen LogP contribution in [0.4, 0.5) is 5.69 Å². The van der Waals surface area contributed by atoms with Crippen molar-refractivity contribution in [3.63, 3.8) is 0 Å². The molecule has 26 heavy (non-hydrogen) atoms. The Morgan fingerprint density at radius 3 is 2.58 bits per heavy atom. The van der Waals surface area contributed by atoms with Gasteiger partial charge in [-0.05, 0) is 44.9 Å². The van der Waals surface area contributed by atoms with E-state index < -0.39 is 5.60 Å². The highest BCUT2D eigenvalue weighted by molar-refractivity contribution is 6.02. The van der Waals surface area contributed by atoms with Crippen molar-refractivity contribution in [1.82, 2.24) is 10.6 Å². The number of carbonyl (C=O) groups is 3. The van der Waals surface area contributed by atoms with Gasteiger partial charge in [-0.25, -0.2) is 0 Å². The molecule has 0 saturated carbocycles. The Morgan fingerprint density at radius 2 is 1.88 bits per heavy atom. The van der Waals surface area contributed by atoms with Gasteiger partial charge < -0.3 is 20.3 Å². The summed E-state index contributed by atoms with van der Waals surface area (Å²) in [4.78, 5) is 37.2. The van der Waals surface area contributed by atoms with Gasteiger partial charge in [0, 0.05) is 33.0 Å². The van der Waals surface area contributed by atoms with Gasteiger partial charge in [0.25, 0.3) is 5.91 Å². The Bertz CT molecular complexity index is 700. The summed E-state index contributed by atoms with van der Waals surface area (Å²) >= 11 is 0. The molecule has 0 unspecified atom stereocenters. The molecule has 1 aliphatic heterocycles. The second kappa shape index (κ2) is 8.21. The number of carbonyl (C=O) groups excluding carboxylic acids is 3. The van der Waals surface area contributed by atoms with Crippen molar-refractivity contribution in [1.29, 1.82) is 0 Å². The van der Waals surface area contributed by atoms with E-state index in [-0.39, 0.29) is 24.1 Å². The molecule has 0 fully saturated rings. The summed E-state index contributed by atoms with van der Waals surface area (Å²) in [6.45, 7) is 8.17. The number of nitrogens with zero attached hydrogens (tertiary/aromatic N) is 1. The SMILES string of the molecule is CC(=O)NCCCNC(=O)CCN1C(=O)C(C)(C)Oc2ccc(C)cc21. The first kappa shape index (κ1) is 19.8. The van der Waals surface area contributed by atoms with E-state index in [0.29, 0.717) is 37.5 Å². The summed E-state index contributed by atoms with van der Waals surface area (Å²) in [7, 11) is 0. The quantitative estimate of drug-likeness (QED) is 0.721. The fourth-order valence-electron chi connectivity index (χ4n) is 2.78. The van der Waals surface area contributed by atoms with Gasteiger partial charge in [0.2, 0.25) is 11.8 Å². The van der Waals surface area contributed by atoms with E-state index in [4.69, 9.17) is 4.74 Å². The molecule has 7 heteroatoms. The summed E-state index contributed by atoms with van der Waals surface area (Å²) in [5.74, 6) is 0.280. The highest BCUT2D eigenvalue weighted by Crippen LogP contribution is 2.38. The maximum Gasteiger partial charge on any atom is 0.270 e. The van der Waals surface area contributed by atoms with Gasteiger partial charge in [-0.3, -0.25) is 14.4 Å². The molecular formula is C19H27N3O4. The molecule has 2 N–H and O–H groups in total. The minimum absolute atomic E-state index is 0.0845. The van der Waals surface area contributed by atoms with E-state index in [1.165, 1.54) is 6.92 Å². The van der Waals surface area contributed by atoms with Crippen molar-refractivity contribution < 1.29 is 19.1 Å². The Hall–Kier alpha value is -2.57. The van der Waals surface area contributed by atoms with E-state index in [2.05, 4.69) is 10.6 Å². The van der Waals surface area contributed by atoms with E-state index in [9.17, 15) is 14.4 Å². The van der Waals surface area contributed by atoms with Crippen molar-refractivity contribution in [2.45, 2.75) is 46.1 Å². The summed E-state index contributed by atoms with van der Waals surface area (Å²) in [5, 5.41) is 5.48. The minimum Gasteiger partial charge on any atom is -0.476 e. The van der Waals surface area contributed by atoms with Crippen molar-refractivity contribution in [3.05, 3.63) is 23.8 Å². The van der Waals surface area contributed by atoms with Crippen LogP contribution in [0.3, 0.4) is 0 Å². The second-order valence-corrected chi connectivity index (χ2v) is 6.98. The van der Waals surface area contributed by atoms with Gasteiger partial charge in [-0.2, -0.15) is 0 Å². The maximum absolute atomic E-state index is 12.7. The number of benzene rings is 1. The molecule has 0 radical (unpaired) electrons. The molecular weight excluding hydrogens is 334 g/mol. The molecule has 0 aromatic heterocycles. The van der Waals surface area contributed by atoms with Crippen molar-refractivity contribution in [2.24, 2.45) is 0 Å². The van der Waals surface area contributed by atoms with Gasteiger partial charge in [-0.1, -0.05) is 6.07 Å². The first-order valence-corrected chi connectivity index (χ1v) is 8.83. The van der Waals surface area contributed by atoms with Crippen LogP contribution in [-0.2, 0) is 14.4 Å². The van der Waals surface area contributed by atoms with Crippen LogP contribution in [0, 0.1) is 6.92 Å². The number of amides is 3. The number of rotatable bonds is 7. The third-order valence-electron chi connectivity index (χ3n) is 4.14. The molecule has 7 nitrogen and oxygen atoms in total. The van der Waals surface area contributed by atoms with Gasteiger partial charge in [0.15, 0.2) is 5.60 Å². The zero-order valence-electron chi connectivity index (χ0n) is 15.8. The molecule has 1 aliphatic rings. The highest BCUT2D eigenvalue weighted by atomic mass is 16.5. The van der Waals surface area contributed by atoms with Crippen LogP contribution < -0.4 is 20.3 Å². The van der Waals surface area contributed by atoms with Gasteiger partial charge in [-0.15, -0.1) is 0 Å². The van der Waals surface area contributed by atoms with Crippen LogP contribution in [-0.4, -0.2) is 43.0 Å². The topological polar surface area (TPSA) is 87.7 Å². The lowest BCUT2D eigenvalue weighted by molar-refractivity contribution is -0.132. The predicted molar refractivity (Wildman–Crippen MR) is 99.2 cm³/mol. The summed E-state index contributed by atoms with van der Waals surface area (Å²) in [6, 6.07) is 5.69. The Labute approximate surface area is 154 Å². The van der Waals surface area contributed by atoms with E-state index in [1.807, 2.05) is 25.1 Å². The molecule has 0 spiro atoms. The predicted octanol–water partition coefficient (Wildman–Crippen LogP) is 1.53. The lowest BCUT2D eigenvalue weighted by atomic mass is 10.0. The number of aryl methyl sites for hydroxylation is 1. The lowest BCUT2D eigenvalue weighted by Gasteiger charge is -2.38. The minimum atomic E-state index is -0.961. The molecule has 2 rings (SSSR count). The monoisotopic (exact) mass is 361 g/mol. The van der Waals surface area contributed by atoms with E-state index >= 15 is 0 Å². The molecule has 1 aromatic carbocycles. The normalized spacial score (nSPS) is 15.1. The fraction of sp³-hybridized carbons (Fsp3) is 0.526. The molecule has 1 heterocycles. The summed E-state index contributed by atoms with van der Waals surface area (Å²) < 4.78 is 5.81. The summed E-state index contributed by atoms with van der Waals surface area (Å²) in [5.41, 5.74) is 0.761. The molecule has 0 saturated heterocycles. The molecule has 3 amide bonds. The molecule has 1 aromatic rings. The standard InChI is InChI=1S/C19H27N3O4/c1-13-6-7-16-15(12-13)22(18(25)19(3,4)26-16)11-8-17(24)21-10-5-9-20-14(2)23/h6-7,12H,5,8-11H2,1-4H3,(H,20,23)(H,21,24). The first-order chi connectivity index (χ1) is 12.2. The Balaban J connectivity index is 1.93. The molecule has 0 atom stereocenters. The Kier molecular flexibility index (Phi) is 6.23. The number of anilines is 1. The van der Waals surface area contributed by atoms with Crippen LogP contribution in [0.25, 0.3) is 0 Å². The van der Waals surface area contributed by atoms with Gasteiger partial charge in [0.05, 0.1) is 5.69 Å².